The number of carboxylic acids is 1. The number of aromatic carboxylic acids is 1. The van der Waals surface area contributed by atoms with Crippen molar-refractivity contribution in [2.75, 3.05) is 17.8 Å². The van der Waals surface area contributed by atoms with E-state index >= 15 is 0 Å². The molecule has 0 saturated heterocycles. The maximum absolute atomic E-state index is 12.0. The van der Waals surface area contributed by atoms with E-state index in [1.54, 1.807) is 13.8 Å². The molecule has 1 aromatic rings. The molecule has 0 amide bonds. The number of anilines is 1. The number of nitro benzene ring substituents is 1. The number of carbonyl (C=O) groups is 1. The Morgan fingerprint density at radius 1 is 1.38 bits per heavy atom. The van der Waals surface area contributed by atoms with Crippen LogP contribution in [0.15, 0.2) is 18.2 Å². The molecule has 9 nitrogen and oxygen atoms in total. The largest absolute Gasteiger partial charge is 0.478 e. The summed E-state index contributed by atoms with van der Waals surface area (Å²) in [4.78, 5) is 21.0. The van der Waals surface area contributed by atoms with Gasteiger partial charge in [-0.3, -0.25) is 14.8 Å². The summed E-state index contributed by atoms with van der Waals surface area (Å²) in [6.07, 6.45) is 0. The molecular formula is C11H15N3O6S. The summed E-state index contributed by atoms with van der Waals surface area (Å²) in [6, 6.07) is 2.90. The molecule has 0 aliphatic rings. The predicted octanol–water partition coefficient (Wildman–Crippen LogP) is 1.29. The van der Waals surface area contributed by atoms with Gasteiger partial charge in [-0.1, -0.05) is 13.8 Å². The van der Waals surface area contributed by atoms with Crippen molar-refractivity contribution in [2.24, 2.45) is 0 Å². The molecule has 1 rings (SSSR count). The molecule has 0 bridgehead atoms. The highest BCUT2D eigenvalue weighted by molar-refractivity contribution is 7.90. The second-order valence-electron chi connectivity index (χ2n) is 3.98. The summed E-state index contributed by atoms with van der Waals surface area (Å²) >= 11 is 0. The van der Waals surface area contributed by atoms with Crippen molar-refractivity contribution in [1.82, 2.24) is 4.31 Å². The summed E-state index contributed by atoms with van der Waals surface area (Å²) < 4.78 is 27.3. The van der Waals surface area contributed by atoms with Gasteiger partial charge in [-0.15, -0.1) is 0 Å². The Morgan fingerprint density at radius 3 is 2.38 bits per heavy atom. The lowest BCUT2D eigenvalue weighted by Crippen LogP contribution is -2.35. The number of nitro groups is 1. The molecule has 0 aromatic heterocycles. The fraction of sp³-hybridized carbons (Fsp3) is 0.364. The Hall–Kier alpha value is -2.20. The lowest BCUT2D eigenvalue weighted by molar-refractivity contribution is -0.384. The first-order valence-electron chi connectivity index (χ1n) is 6.02. The van der Waals surface area contributed by atoms with Gasteiger partial charge in [0.2, 0.25) is 0 Å². The molecule has 0 spiro atoms. The Morgan fingerprint density at radius 2 is 1.95 bits per heavy atom. The van der Waals surface area contributed by atoms with Gasteiger partial charge in [0.1, 0.15) is 0 Å². The van der Waals surface area contributed by atoms with Crippen molar-refractivity contribution in [3.05, 3.63) is 33.9 Å². The molecule has 0 aliphatic carbocycles. The van der Waals surface area contributed by atoms with Crippen LogP contribution in [0.25, 0.3) is 0 Å². The van der Waals surface area contributed by atoms with Crippen LogP contribution in [0.2, 0.25) is 0 Å². The van der Waals surface area contributed by atoms with Crippen molar-refractivity contribution < 1.29 is 23.2 Å². The molecule has 0 unspecified atom stereocenters. The lowest BCUT2D eigenvalue weighted by atomic mass is 10.1. The molecule has 0 heterocycles. The van der Waals surface area contributed by atoms with Gasteiger partial charge in [0.25, 0.3) is 5.69 Å². The normalized spacial score (nSPS) is 11.4. The summed E-state index contributed by atoms with van der Waals surface area (Å²) in [6.45, 7) is 3.69. The fourth-order valence-corrected chi connectivity index (χ4v) is 2.94. The van der Waals surface area contributed by atoms with Gasteiger partial charge >= 0.3 is 16.2 Å². The minimum atomic E-state index is -3.91. The van der Waals surface area contributed by atoms with E-state index < -0.39 is 32.4 Å². The van der Waals surface area contributed by atoms with E-state index in [0.717, 1.165) is 22.5 Å². The standard InChI is InChI=1S/C11H15N3O6S/c1-3-13(4-2)21(19,20)12-10-6-5-8(14(17)18)7-9(10)11(15)16/h5-7,12H,3-4H2,1-2H3,(H,15,16). The molecule has 0 aliphatic heterocycles. The lowest BCUT2D eigenvalue weighted by Gasteiger charge is -2.20. The molecule has 10 heteroatoms. The van der Waals surface area contributed by atoms with Crippen LogP contribution < -0.4 is 4.72 Å². The number of hydrogen-bond acceptors (Lipinski definition) is 5. The minimum absolute atomic E-state index is 0.210. The van der Waals surface area contributed by atoms with Crippen molar-refractivity contribution in [3.63, 3.8) is 0 Å². The Kier molecular flexibility index (Phi) is 5.22. The average molecular weight is 317 g/mol. The zero-order chi connectivity index (χ0) is 16.2. The number of benzene rings is 1. The Bertz CT molecular complexity index is 654. The third-order valence-electron chi connectivity index (χ3n) is 2.73. The van der Waals surface area contributed by atoms with Gasteiger partial charge in [-0.05, 0) is 6.07 Å². The van der Waals surface area contributed by atoms with Gasteiger partial charge in [0.05, 0.1) is 16.2 Å². The number of carboxylic acid groups (broad SMARTS) is 1. The first kappa shape index (κ1) is 16.9. The van der Waals surface area contributed by atoms with Gasteiger partial charge in [0, 0.05) is 25.2 Å². The van der Waals surface area contributed by atoms with Gasteiger partial charge in [0.15, 0.2) is 0 Å². The number of hydrogen-bond donors (Lipinski definition) is 2. The summed E-state index contributed by atoms with van der Waals surface area (Å²) in [5.74, 6) is -1.46. The maximum atomic E-state index is 12.0. The van der Waals surface area contributed by atoms with Gasteiger partial charge < -0.3 is 5.11 Å². The quantitative estimate of drug-likeness (QED) is 0.575. The van der Waals surface area contributed by atoms with Crippen LogP contribution in [0.5, 0.6) is 0 Å². The van der Waals surface area contributed by atoms with E-state index in [1.807, 2.05) is 0 Å². The highest BCUT2D eigenvalue weighted by atomic mass is 32.2. The van der Waals surface area contributed by atoms with E-state index in [0.29, 0.717) is 0 Å². The van der Waals surface area contributed by atoms with Gasteiger partial charge in [-0.25, -0.2) is 4.79 Å². The summed E-state index contributed by atoms with van der Waals surface area (Å²) in [5, 5.41) is 19.7. The number of non-ortho nitro benzene ring substituents is 1. The highest BCUT2D eigenvalue weighted by Gasteiger charge is 2.23. The van der Waals surface area contributed by atoms with Crippen LogP contribution in [0.4, 0.5) is 11.4 Å². The SMILES string of the molecule is CCN(CC)S(=O)(=O)Nc1ccc([N+](=O)[O-])cc1C(=O)O. The van der Waals surface area contributed by atoms with Crippen molar-refractivity contribution in [1.29, 1.82) is 0 Å². The molecular weight excluding hydrogens is 302 g/mol. The molecule has 21 heavy (non-hydrogen) atoms. The minimum Gasteiger partial charge on any atom is -0.478 e. The van der Waals surface area contributed by atoms with Crippen molar-refractivity contribution in [3.8, 4) is 0 Å². The van der Waals surface area contributed by atoms with Crippen LogP contribution >= 0.6 is 0 Å². The van der Waals surface area contributed by atoms with Crippen LogP contribution in [-0.4, -0.2) is 41.8 Å². The maximum Gasteiger partial charge on any atom is 0.338 e. The third-order valence-corrected chi connectivity index (χ3v) is 4.40. The van der Waals surface area contributed by atoms with Crippen LogP contribution in [0, 0.1) is 10.1 Å². The smallest absolute Gasteiger partial charge is 0.338 e. The predicted molar refractivity (Wildman–Crippen MR) is 75.5 cm³/mol. The van der Waals surface area contributed by atoms with E-state index in [9.17, 15) is 23.3 Å². The molecule has 0 radical (unpaired) electrons. The summed E-state index contributed by atoms with van der Waals surface area (Å²) in [5.41, 5.74) is -1.14. The molecule has 0 atom stereocenters. The Labute approximate surface area is 121 Å². The second kappa shape index (κ2) is 6.50. The molecule has 116 valence electrons. The number of nitrogens with one attached hydrogen (secondary N) is 1. The first-order chi connectivity index (χ1) is 9.72. The van der Waals surface area contributed by atoms with Crippen LogP contribution in [-0.2, 0) is 10.2 Å². The fourth-order valence-electron chi connectivity index (χ4n) is 1.68. The van der Waals surface area contributed by atoms with Crippen LogP contribution in [0.1, 0.15) is 24.2 Å². The van der Waals surface area contributed by atoms with Crippen molar-refractivity contribution in [2.45, 2.75) is 13.8 Å². The highest BCUT2D eigenvalue weighted by Crippen LogP contribution is 2.23. The zero-order valence-corrected chi connectivity index (χ0v) is 12.3. The van der Waals surface area contributed by atoms with E-state index in [4.69, 9.17) is 5.11 Å². The molecule has 2 N–H and O–H groups in total. The average Bonchev–Trinajstić information content (AvgIpc) is 2.39. The molecule has 1 aromatic carbocycles. The monoisotopic (exact) mass is 317 g/mol. The van der Waals surface area contributed by atoms with Crippen LogP contribution in [0.3, 0.4) is 0 Å². The van der Waals surface area contributed by atoms with Gasteiger partial charge in [-0.2, -0.15) is 12.7 Å². The van der Waals surface area contributed by atoms with E-state index in [2.05, 4.69) is 4.72 Å². The topological polar surface area (TPSA) is 130 Å². The number of nitrogens with zero attached hydrogens (tertiary/aromatic N) is 2. The number of rotatable bonds is 7. The molecule has 0 saturated carbocycles. The van der Waals surface area contributed by atoms with Crippen molar-refractivity contribution >= 4 is 27.6 Å². The summed E-state index contributed by atoms with van der Waals surface area (Å²) in [7, 11) is -3.91. The second-order valence-corrected chi connectivity index (χ2v) is 5.65. The third kappa shape index (κ3) is 3.89. The Balaban J connectivity index is 3.25. The van der Waals surface area contributed by atoms with E-state index in [-0.39, 0.29) is 18.8 Å². The zero-order valence-electron chi connectivity index (χ0n) is 11.4. The van der Waals surface area contributed by atoms with E-state index in [1.165, 1.54) is 0 Å². The first-order valence-corrected chi connectivity index (χ1v) is 7.46. The molecule has 0 fully saturated rings.